The molecule has 0 saturated heterocycles. The molecule has 0 amide bonds. The minimum atomic E-state index is -0.372. The van der Waals surface area contributed by atoms with Gasteiger partial charge in [-0.2, -0.15) is 4.98 Å². The zero-order valence-corrected chi connectivity index (χ0v) is 14.7. The third-order valence-corrected chi connectivity index (χ3v) is 4.44. The third-order valence-electron chi connectivity index (χ3n) is 3.82. The predicted molar refractivity (Wildman–Crippen MR) is 89.3 cm³/mol. The van der Waals surface area contributed by atoms with E-state index in [2.05, 4.69) is 26.1 Å². The minimum Gasteiger partial charge on any atom is -0.492 e. The minimum absolute atomic E-state index is 0. The first kappa shape index (κ1) is 17.2. The lowest BCUT2D eigenvalue weighted by atomic mass is 9.77. The Morgan fingerprint density at radius 3 is 2.82 bits per heavy atom. The van der Waals surface area contributed by atoms with Crippen LogP contribution in [0.25, 0.3) is 0 Å². The third kappa shape index (κ3) is 3.62. The van der Waals surface area contributed by atoms with Gasteiger partial charge in [0.05, 0.1) is 23.0 Å². The quantitative estimate of drug-likeness (QED) is 0.848. The highest BCUT2D eigenvalue weighted by molar-refractivity contribution is 9.10. The first-order valence-corrected chi connectivity index (χ1v) is 7.87. The normalized spacial score (nSPS) is 15.8. The van der Waals surface area contributed by atoms with Gasteiger partial charge in [0.2, 0.25) is 5.89 Å². The molecule has 1 aromatic heterocycles. The van der Waals surface area contributed by atoms with Gasteiger partial charge in [0.15, 0.2) is 5.82 Å². The summed E-state index contributed by atoms with van der Waals surface area (Å²) in [5.74, 6) is 2.01. The number of rotatable bonds is 5. The zero-order chi connectivity index (χ0) is 14.9. The van der Waals surface area contributed by atoms with Gasteiger partial charge in [-0.25, -0.2) is 0 Å². The van der Waals surface area contributed by atoms with Crippen LogP contribution in [0.4, 0.5) is 0 Å². The van der Waals surface area contributed by atoms with Crippen molar-refractivity contribution in [2.24, 2.45) is 5.73 Å². The van der Waals surface area contributed by atoms with Crippen molar-refractivity contribution in [2.45, 2.75) is 38.1 Å². The van der Waals surface area contributed by atoms with Crippen LogP contribution in [-0.2, 0) is 12.0 Å². The van der Waals surface area contributed by atoms with E-state index >= 15 is 0 Å². The van der Waals surface area contributed by atoms with Crippen molar-refractivity contribution in [1.82, 2.24) is 10.1 Å². The summed E-state index contributed by atoms with van der Waals surface area (Å²) in [4.78, 5) is 4.38. The number of nitrogens with zero attached hydrogens (tertiary/aromatic N) is 2. The summed E-state index contributed by atoms with van der Waals surface area (Å²) >= 11 is 3.49. The Labute approximate surface area is 144 Å². The summed E-state index contributed by atoms with van der Waals surface area (Å²) in [5, 5.41) is 3.99. The van der Waals surface area contributed by atoms with Crippen molar-refractivity contribution in [3.63, 3.8) is 0 Å². The van der Waals surface area contributed by atoms with Crippen LogP contribution in [0.2, 0.25) is 0 Å². The van der Waals surface area contributed by atoms with Crippen LogP contribution in [0.1, 0.15) is 36.5 Å². The molecule has 0 bridgehead atoms. The Hall–Kier alpha value is -1.11. The first-order valence-electron chi connectivity index (χ1n) is 7.08. The topological polar surface area (TPSA) is 74.2 Å². The standard InChI is InChI=1S/C15H18BrN3O2.ClH/c1-10-3-4-12(11(16)9-10)20-8-5-13-18-14(19-21-13)15(17)6-2-7-15;/h3-4,9H,2,5-8,17H2,1H3;1H. The van der Waals surface area contributed by atoms with Crippen LogP contribution >= 0.6 is 28.3 Å². The van der Waals surface area contributed by atoms with E-state index < -0.39 is 0 Å². The van der Waals surface area contributed by atoms with Crippen LogP contribution < -0.4 is 10.5 Å². The first-order chi connectivity index (χ1) is 10.1. The van der Waals surface area contributed by atoms with Crippen molar-refractivity contribution < 1.29 is 9.26 Å². The number of aromatic nitrogens is 2. The molecular weight excluding hydrogens is 370 g/mol. The van der Waals surface area contributed by atoms with E-state index in [1.165, 1.54) is 5.56 Å². The van der Waals surface area contributed by atoms with Crippen molar-refractivity contribution in [3.05, 3.63) is 40.0 Å². The van der Waals surface area contributed by atoms with Crippen LogP contribution in [-0.4, -0.2) is 16.7 Å². The Bertz CT molecular complexity index is 643. The maximum Gasteiger partial charge on any atom is 0.230 e. The lowest BCUT2D eigenvalue weighted by molar-refractivity contribution is 0.228. The van der Waals surface area contributed by atoms with Gasteiger partial charge in [-0.05, 0) is 59.8 Å². The van der Waals surface area contributed by atoms with Crippen LogP contribution in [0.5, 0.6) is 5.75 Å². The van der Waals surface area contributed by atoms with Gasteiger partial charge in [0.25, 0.3) is 0 Å². The molecule has 1 aliphatic carbocycles. The lowest BCUT2D eigenvalue weighted by Gasteiger charge is -2.34. The molecule has 0 radical (unpaired) electrons. The average Bonchev–Trinajstić information content (AvgIpc) is 2.88. The molecule has 0 atom stereocenters. The Morgan fingerprint density at radius 1 is 1.41 bits per heavy atom. The molecule has 22 heavy (non-hydrogen) atoms. The molecule has 5 nitrogen and oxygen atoms in total. The molecular formula is C15H19BrClN3O2. The number of halogens is 2. The SMILES string of the molecule is Cc1ccc(OCCc2nc(C3(N)CCC3)no2)c(Br)c1.Cl. The molecule has 1 aliphatic rings. The van der Waals surface area contributed by atoms with Crippen LogP contribution in [0.15, 0.2) is 27.2 Å². The molecule has 120 valence electrons. The second kappa shape index (κ2) is 6.98. The van der Waals surface area contributed by atoms with Crippen molar-refractivity contribution in [3.8, 4) is 5.75 Å². The fraction of sp³-hybridized carbons (Fsp3) is 0.467. The van der Waals surface area contributed by atoms with Gasteiger partial charge >= 0.3 is 0 Å². The second-order valence-corrected chi connectivity index (χ2v) is 6.41. The smallest absolute Gasteiger partial charge is 0.230 e. The van der Waals surface area contributed by atoms with Crippen LogP contribution in [0, 0.1) is 6.92 Å². The largest absolute Gasteiger partial charge is 0.492 e. The van der Waals surface area contributed by atoms with Crippen molar-refractivity contribution >= 4 is 28.3 Å². The number of ether oxygens (including phenoxy) is 1. The number of nitrogens with two attached hydrogens (primary N) is 1. The van der Waals surface area contributed by atoms with E-state index in [0.717, 1.165) is 29.5 Å². The molecule has 7 heteroatoms. The molecule has 2 aromatic rings. The van der Waals surface area contributed by atoms with Crippen molar-refractivity contribution in [2.75, 3.05) is 6.61 Å². The molecule has 0 aliphatic heterocycles. The van der Waals surface area contributed by atoms with Gasteiger partial charge in [-0.1, -0.05) is 11.2 Å². The van der Waals surface area contributed by atoms with Gasteiger partial charge in [-0.15, -0.1) is 12.4 Å². The summed E-state index contributed by atoms with van der Waals surface area (Å²) < 4.78 is 11.9. The summed E-state index contributed by atoms with van der Waals surface area (Å²) in [7, 11) is 0. The highest BCUT2D eigenvalue weighted by Gasteiger charge is 2.38. The monoisotopic (exact) mass is 387 g/mol. The molecule has 3 rings (SSSR count). The lowest BCUT2D eigenvalue weighted by Crippen LogP contribution is -2.44. The van der Waals surface area contributed by atoms with Gasteiger partial charge in [0.1, 0.15) is 5.75 Å². The maximum atomic E-state index is 6.17. The van der Waals surface area contributed by atoms with E-state index in [4.69, 9.17) is 15.0 Å². The van der Waals surface area contributed by atoms with E-state index in [1.54, 1.807) is 0 Å². The van der Waals surface area contributed by atoms with Crippen molar-refractivity contribution in [1.29, 1.82) is 0 Å². The number of benzene rings is 1. The predicted octanol–water partition coefficient (Wildman–Crippen LogP) is 3.52. The number of hydrogen-bond acceptors (Lipinski definition) is 5. The van der Waals surface area contributed by atoms with E-state index in [-0.39, 0.29) is 17.9 Å². The van der Waals surface area contributed by atoms with Gasteiger partial charge in [0, 0.05) is 0 Å². The fourth-order valence-corrected chi connectivity index (χ4v) is 2.92. The van der Waals surface area contributed by atoms with Gasteiger partial charge < -0.3 is 15.0 Å². The van der Waals surface area contributed by atoms with E-state index in [0.29, 0.717) is 24.7 Å². The molecule has 1 fully saturated rings. The second-order valence-electron chi connectivity index (χ2n) is 5.55. The highest BCUT2D eigenvalue weighted by atomic mass is 79.9. The average molecular weight is 389 g/mol. The Morgan fingerprint density at radius 2 is 2.18 bits per heavy atom. The summed E-state index contributed by atoms with van der Waals surface area (Å²) in [6.45, 7) is 2.53. The van der Waals surface area contributed by atoms with Crippen LogP contribution in [0.3, 0.4) is 0 Å². The zero-order valence-electron chi connectivity index (χ0n) is 12.3. The Balaban J connectivity index is 0.00000176. The summed E-state index contributed by atoms with van der Waals surface area (Å²) in [6, 6.07) is 5.98. The summed E-state index contributed by atoms with van der Waals surface area (Å²) in [5.41, 5.74) is 6.98. The number of aryl methyl sites for hydroxylation is 1. The number of hydrogen-bond donors (Lipinski definition) is 1. The molecule has 0 spiro atoms. The Kier molecular flexibility index (Phi) is 5.47. The summed E-state index contributed by atoms with van der Waals surface area (Å²) in [6.07, 6.45) is 3.56. The highest BCUT2D eigenvalue weighted by Crippen LogP contribution is 2.36. The maximum absolute atomic E-state index is 6.17. The van der Waals surface area contributed by atoms with E-state index in [9.17, 15) is 0 Å². The fourth-order valence-electron chi connectivity index (χ4n) is 2.31. The van der Waals surface area contributed by atoms with Gasteiger partial charge in [-0.3, -0.25) is 0 Å². The molecule has 2 N–H and O–H groups in total. The molecule has 1 saturated carbocycles. The molecule has 1 aromatic carbocycles. The molecule has 0 unspecified atom stereocenters. The van der Waals surface area contributed by atoms with E-state index in [1.807, 2.05) is 25.1 Å². The molecule has 1 heterocycles.